The van der Waals surface area contributed by atoms with Crippen LogP contribution < -0.4 is 0 Å². The van der Waals surface area contributed by atoms with Gasteiger partial charge in [0.05, 0.1) is 44.2 Å². The summed E-state index contributed by atoms with van der Waals surface area (Å²) < 4.78 is 15.2. The highest BCUT2D eigenvalue weighted by molar-refractivity contribution is 5.89. The first-order chi connectivity index (χ1) is 14.8. The lowest BCUT2D eigenvalue weighted by Gasteiger charge is -2.37. The second kappa shape index (κ2) is 11.6. The lowest BCUT2D eigenvalue weighted by Crippen LogP contribution is -2.44. The van der Waals surface area contributed by atoms with Crippen LogP contribution >= 0.6 is 0 Å². The van der Waals surface area contributed by atoms with Crippen molar-refractivity contribution in [3.8, 4) is 0 Å². The number of carboxylic acid groups (broad SMARTS) is 1. The third kappa shape index (κ3) is 8.13. The predicted molar refractivity (Wildman–Crippen MR) is 115 cm³/mol. The van der Waals surface area contributed by atoms with Crippen molar-refractivity contribution in [2.75, 3.05) is 39.6 Å². The van der Waals surface area contributed by atoms with E-state index in [0.717, 1.165) is 13.2 Å². The molecule has 2 aromatic carbocycles. The Balaban J connectivity index is 0.000000181. The van der Waals surface area contributed by atoms with E-state index >= 15 is 0 Å². The molecule has 2 aliphatic heterocycles. The fourth-order valence-electron chi connectivity index (χ4n) is 2.55. The number of benzene rings is 2. The molecule has 168 valence electrons. The first kappa shape index (κ1) is 24.5. The number of esters is 1. The summed E-state index contributed by atoms with van der Waals surface area (Å²) in [6, 6.07) is 17.3. The van der Waals surface area contributed by atoms with Crippen molar-refractivity contribution >= 4 is 11.9 Å². The Morgan fingerprint density at radius 3 is 1.58 bits per heavy atom. The summed E-state index contributed by atoms with van der Waals surface area (Å²) in [4.78, 5) is 21.8. The van der Waals surface area contributed by atoms with Crippen molar-refractivity contribution in [3.63, 3.8) is 0 Å². The van der Waals surface area contributed by atoms with Crippen LogP contribution in [0.2, 0.25) is 0 Å². The van der Waals surface area contributed by atoms with Crippen LogP contribution in [0.4, 0.5) is 0 Å². The van der Waals surface area contributed by atoms with Gasteiger partial charge in [0.15, 0.2) is 0 Å². The van der Waals surface area contributed by atoms with Crippen LogP contribution in [0.1, 0.15) is 34.6 Å². The Hall–Kier alpha value is -2.74. The van der Waals surface area contributed by atoms with Gasteiger partial charge in [-0.15, -0.1) is 0 Å². The summed E-state index contributed by atoms with van der Waals surface area (Å²) in [5, 5.41) is 17.0. The molecule has 0 aliphatic carbocycles. The second-order valence-corrected chi connectivity index (χ2v) is 8.38. The van der Waals surface area contributed by atoms with Gasteiger partial charge in [-0.05, 0) is 24.3 Å². The molecule has 0 atom stereocenters. The van der Waals surface area contributed by atoms with Gasteiger partial charge in [0.2, 0.25) is 0 Å². The van der Waals surface area contributed by atoms with Crippen LogP contribution in [-0.2, 0) is 14.2 Å². The molecular formula is C24H30O7. The van der Waals surface area contributed by atoms with Crippen molar-refractivity contribution in [2.24, 2.45) is 10.8 Å². The van der Waals surface area contributed by atoms with Gasteiger partial charge in [0.1, 0.15) is 6.61 Å². The fraction of sp³-hybridized carbons (Fsp3) is 0.417. The minimum absolute atomic E-state index is 0.0183. The highest BCUT2D eigenvalue weighted by Gasteiger charge is 2.35. The van der Waals surface area contributed by atoms with Gasteiger partial charge < -0.3 is 24.4 Å². The fourth-order valence-corrected chi connectivity index (χ4v) is 2.55. The van der Waals surface area contributed by atoms with E-state index in [1.165, 1.54) is 0 Å². The largest absolute Gasteiger partial charge is 0.478 e. The standard InChI is InChI=1S/C12H14O3.C7H6O2.C5H10O2/c1-12(7-14-8-12)9-15-11(13)10-5-3-2-4-6-10;8-7(9)6-4-2-1-3-5-6;1-5(2-6)3-7-4-5/h2-6H,7-9H2,1H3;1-5H,(H,8,9);6H,2-4H2,1H3. The summed E-state index contributed by atoms with van der Waals surface area (Å²) >= 11 is 0. The van der Waals surface area contributed by atoms with E-state index in [1.54, 1.807) is 42.5 Å². The third-order valence-corrected chi connectivity index (χ3v) is 4.77. The minimum Gasteiger partial charge on any atom is -0.478 e. The maximum Gasteiger partial charge on any atom is 0.338 e. The monoisotopic (exact) mass is 430 g/mol. The van der Waals surface area contributed by atoms with E-state index in [9.17, 15) is 9.59 Å². The third-order valence-electron chi connectivity index (χ3n) is 4.77. The van der Waals surface area contributed by atoms with Crippen molar-refractivity contribution in [1.82, 2.24) is 0 Å². The number of ether oxygens (including phenoxy) is 3. The van der Waals surface area contributed by atoms with Gasteiger partial charge in [-0.1, -0.05) is 50.2 Å². The number of rotatable bonds is 5. The summed E-state index contributed by atoms with van der Waals surface area (Å²) in [6.07, 6.45) is 0. The van der Waals surface area contributed by atoms with Crippen LogP contribution in [-0.4, -0.2) is 61.8 Å². The molecule has 2 heterocycles. The van der Waals surface area contributed by atoms with Gasteiger partial charge in [-0.2, -0.15) is 0 Å². The Bertz CT molecular complexity index is 807. The van der Waals surface area contributed by atoms with Crippen molar-refractivity contribution < 1.29 is 34.0 Å². The summed E-state index contributed by atoms with van der Waals surface area (Å²) in [7, 11) is 0. The maximum absolute atomic E-state index is 11.6. The summed E-state index contributed by atoms with van der Waals surface area (Å²) in [5.41, 5.74) is 1.04. The first-order valence-corrected chi connectivity index (χ1v) is 10.0. The van der Waals surface area contributed by atoms with E-state index in [1.807, 2.05) is 25.1 Å². The topological polar surface area (TPSA) is 102 Å². The predicted octanol–water partition coefficient (Wildman–Crippen LogP) is 3.28. The van der Waals surface area contributed by atoms with Gasteiger partial charge in [-0.3, -0.25) is 0 Å². The molecule has 0 unspecified atom stereocenters. The van der Waals surface area contributed by atoms with E-state index in [4.69, 9.17) is 24.4 Å². The molecule has 7 heteroatoms. The lowest BCUT2D eigenvalue weighted by atomic mass is 9.90. The molecule has 0 spiro atoms. The van der Waals surface area contributed by atoms with E-state index in [2.05, 4.69) is 6.92 Å². The Morgan fingerprint density at radius 2 is 1.29 bits per heavy atom. The molecule has 2 saturated heterocycles. The van der Waals surface area contributed by atoms with Crippen molar-refractivity contribution in [2.45, 2.75) is 13.8 Å². The zero-order valence-corrected chi connectivity index (χ0v) is 18.0. The first-order valence-electron chi connectivity index (χ1n) is 10.0. The smallest absolute Gasteiger partial charge is 0.338 e. The normalized spacial score (nSPS) is 17.3. The average molecular weight is 430 g/mol. The Morgan fingerprint density at radius 1 is 0.839 bits per heavy atom. The van der Waals surface area contributed by atoms with Crippen LogP contribution in [0.3, 0.4) is 0 Å². The number of hydrogen-bond acceptors (Lipinski definition) is 6. The molecule has 2 aliphatic rings. The molecule has 2 fully saturated rings. The molecule has 0 bridgehead atoms. The molecule has 0 saturated carbocycles. The molecule has 0 aromatic heterocycles. The molecule has 2 N–H and O–H groups in total. The number of carboxylic acids is 1. The molecule has 0 radical (unpaired) electrons. The second-order valence-electron chi connectivity index (χ2n) is 8.38. The van der Waals surface area contributed by atoms with Crippen molar-refractivity contribution in [1.29, 1.82) is 0 Å². The van der Waals surface area contributed by atoms with Crippen LogP contribution in [0.5, 0.6) is 0 Å². The van der Waals surface area contributed by atoms with E-state index < -0.39 is 5.97 Å². The molecule has 2 aromatic rings. The van der Waals surface area contributed by atoms with Gasteiger partial charge in [0, 0.05) is 10.8 Å². The Kier molecular flexibility index (Phi) is 9.18. The van der Waals surface area contributed by atoms with Crippen LogP contribution in [0.25, 0.3) is 0 Å². The number of hydrogen-bond donors (Lipinski definition) is 2. The van der Waals surface area contributed by atoms with Crippen LogP contribution in [0.15, 0.2) is 60.7 Å². The number of aromatic carboxylic acids is 1. The summed E-state index contributed by atoms with van der Waals surface area (Å²) in [6.45, 7) is 7.55. The molecule has 7 nitrogen and oxygen atoms in total. The molecule has 0 amide bonds. The number of carbonyl (C=O) groups excluding carboxylic acids is 1. The van der Waals surface area contributed by atoms with E-state index in [0.29, 0.717) is 30.9 Å². The number of aliphatic hydroxyl groups is 1. The number of aliphatic hydroxyl groups excluding tert-OH is 1. The molecule has 31 heavy (non-hydrogen) atoms. The number of carbonyl (C=O) groups is 2. The maximum atomic E-state index is 11.6. The lowest BCUT2D eigenvalue weighted by molar-refractivity contribution is -0.127. The highest BCUT2D eigenvalue weighted by atomic mass is 16.5. The Labute approximate surface area is 182 Å². The van der Waals surface area contributed by atoms with Gasteiger partial charge in [-0.25, -0.2) is 9.59 Å². The van der Waals surface area contributed by atoms with Crippen LogP contribution in [0, 0.1) is 10.8 Å². The highest BCUT2D eigenvalue weighted by Crippen LogP contribution is 2.27. The quantitative estimate of drug-likeness (QED) is 0.702. The zero-order valence-electron chi connectivity index (χ0n) is 18.0. The average Bonchev–Trinajstić information content (AvgIpc) is 2.76. The zero-order chi connectivity index (χ0) is 22.7. The summed E-state index contributed by atoms with van der Waals surface area (Å²) in [5.74, 6) is -1.14. The van der Waals surface area contributed by atoms with E-state index in [-0.39, 0.29) is 23.4 Å². The minimum atomic E-state index is -0.879. The molecular weight excluding hydrogens is 400 g/mol. The SMILES string of the molecule is CC1(CO)COC1.CC1(COC(=O)c2ccccc2)COC1.O=C(O)c1ccccc1. The van der Waals surface area contributed by atoms with Crippen molar-refractivity contribution in [3.05, 3.63) is 71.8 Å². The molecule has 4 rings (SSSR count). The van der Waals surface area contributed by atoms with Gasteiger partial charge in [0.25, 0.3) is 0 Å². The van der Waals surface area contributed by atoms with Gasteiger partial charge >= 0.3 is 11.9 Å².